The molecule has 21 heavy (non-hydrogen) atoms. The van der Waals surface area contributed by atoms with Crippen molar-refractivity contribution in [2.24, 2.45) is 0 Å². The van der Waals surface area contributed by atoms with Gasteiger partial charge >= 0.3 is 5.97 Å². The molecule has 7 heteroatoms. The smallest absolute Gasteiger partial charge is 0.305 e. The molecule has 2 aliphatic heterocycles. The molecular formula is C14H23NO6. The number of carboxylic acid groups (broad SMARTS) is 1. The van der Waals surface area contributed by atoms with Crippen molar-refractivity contribution in [1.82, 2.24) is 4.90 Å². The van der Waals surface area contributed by atoms with E-state index in [1.165, 1.54) is 0 Å². The van der Waals surface area contributed by atoms with Crippen LogP contribution in [-0.4, -0.2) is 73.1 Å². The van der Waals surface area contributed by atoms with Gasteiger partial charge in [0.25, 0.3) is 5.91 Å². The Morgan fingerprint density at radius 2 is 2.24 bits per heavy atom. The highest BCUT2D eigenvalue weighted by atomic mass is 16.5. The number of rotatable bonds is 6. The highest BCUT2D eigenvalue weighted by Crippen LogP contribution is 2.16. The molecule has 0 radical (unpaired) electrons. The number of morpholine rings is 1. The molecule has 2 fully saturated rings. The fourth-order valence-electron chi connectivity index (χ4n) is 2.65. The summed E-state index contributed by atoms with van der Waals surface area (Å²) >= 11 is 0. The molecule has 3 atom stereocenters. The Morgan fingerprint density at radius 1 is 1.43 bits per heavy atom. The zero-order valence-electron chi connectivity index (χ0n) is 12.3. The van der Waals surface area contributed by atoms with E-state index < -0.39 is 18.1 Å². The molecule has 2 rings (SSSR count). The first-order chi connectivity index (χ1) is 10.1. The molecule has 120 valence electrons. The topological polar surface area (TPSA) is 85.3 Å². The number of carbonyl (C=O) groups excluding carboxylic acids is 1. The minimum atomic E-state index is -0.934. The molecule has 2 heterocycles. The maximum Gasteiger partial charge on any atom is 0.305 e. The summed E-state index contributed by atoms with van der Waals surface area (Å²) in [4.78, 5) is 24.8. The van der Waals surface area contributed by atoms with Gasteiger partial charge in [-0.15, -0.1) is 0 Å². The Kier molecular flexibility index (Phi) is 5.96. The van der Waals surface area contributed by atoms with Gasteiger partial charge in [0.15, 0.2) is 0 Å². The number of aliphatic carboxylic acids is 1. The minimum Gasteiger partial charge on any atom is -0.481 e. The van der Waals surface area contributed by atoms with Crippen molar-refractivity contribution < 1.29 is 28.9 Å². The quantitative estimate of drug-likeness (QED) is 0.758. The number of carbonyl (C=O) groups is 2. The van der Waals surface area contributed by atoms with E-state index >= 15 is 0 Å². The summed E-state index contributed by atoms with van der Waals surface area (Å²) in [6.45, 7) is 3.95. The zero-order valence-corrected chi connectivity index (χ0v) is 12.3. The second kappa shape index (κ2) is 7.72. The molecule has 2 saturated heterocycles. The van der Waals surface area contributed by atoms with Gasteiger partial charge in [-0.2, -0.15) is 0 Å². The molecule has 0 bridgehead atoms. The molecule has 0 aromatic carbocycles. The van der Waals surface area contributed by atoms with Crippen LogP contribution in [0, 0.1) is 0 Å². The molecular weight excluding hydrogens is 278 g/mol. The van der Waals surface area contributed by atoms with Crippen molar-refractivity contribution >= 4 is 11.9 Å². The number of nitrogens with zero attached hydrogens (tertiary/aromatic N) is 1. The Morgan fingerprint density at radius 3 is 2.90 bits per heavy atom. The van der Waals surface area contributed by atoms with Crippen molar-refractivity contribution in [2.75, 3.05) is 33.0 Å². The number of hydrogen-bond acceptors (Lipinski definition) is 5. The third-order valence-corrected chi connectivity index (χ3v) is 3.82. The third-order valence-electron chi connectivity index (χ3n) is 3.82. The maximum atomic E-state index is 12.4. The number of hydrogen-bond donors (Lipinski definition) is 1. The first-order valence-electron chi connectivity index (χ1n) is 7.41. The van der Waals surface area contributed by atoms with Gasteiger partial charge in [-0.25, -0.2) is 0 Å². The highest BCUT2D eigenvalue weighted by molar-refractivity contribution is 5.81. The van der Waals surface area contributed by atoms with Gasteiger partial charge in [0.2, 0.25) is 0 Å². The van der Waals surface area contributed by atoms with E-state index in [0.717, 1.165) is 19.4 Å². The SMILES string of the molecule is CC(OCC1CCCO1)C(=O)N1CCOCC1CC(=O)O. The summed E-state index contributed by atoms with van der Waals surface area (Å²) in [7, 11) is 0. The summed E-state index contributed by atoms with van der Waals surface area (Å²) in [6, 6.07) is -0.419. The summed E-state index contributed by atoms with van der Waals surface area (Å²) in [5.41, 5.74) is 0. The van der Waals surface area contributed by atoms with Crippen LogP contribution in [0.2, 0.25) is 0 Å². The molecule has 7 nitrogen and oxygen atoms in total. The molecule has 0 saturated carbocycles. The number of amides is 1. The minimum absolute atomic E-state index is 0.0692. The predicted octanol–water partition coefficient (Wildman–Crippen LogP) is 0.273. The number of carboxylic acids is 1. The zero-order chi connectivity index (χ0) is 15.2. The summed E-state index contributed by atoms with van der Waals surface area (Å²) in [6.07, 6.45) is 1.36. The van der Waals surface area contributed by atoms with E-state index in [2.05, 4.69) is 0 Å². The van der Waals surface area contributed by atoms with E-state index in [1.807, 2.05) is 0 Å². The molecule has 0 aromatic heterocycles. The normalized spacial score (nSPS) is 27.6. The van der Waals surface area contributed by atoms with Gasteiger partial charge in [-0.3, -0.25) is 9.59 Å². The average Bonchev–Trinajstić information content (AvgIpc) is 2.97. The van der Waals surface area contributed by atoms with Crippen LogP contribution in [0.25, 0.3) is 0 Å². The molecule has 0 spiro atoms. The van der Waals surface area contributed by atoms with E-state index in [-0.39, 0.29) is 25.0 Å². The lowest BCUT2D eigenvalue weighted by Crippen LogP contribution is -2.52. The Bertz CT molecular complexity index is 368. The highest BCUT2D eigenvalue weighted by Gasteiger charge is 2.32. The van der Waals surface area contributed by atoms with Crippen LogP contribution >= 0.6 is 0 Å². The van der Waals surface area contributed by atoms with Crippen LogP contribution in [-0.2, 0) is 23.8 Å². The van der Waals surface area contributed by atoms with Gasteiger partial charge in [0.05, 0.1) is 38.4 Å². The maximum absolute atomic E-state index is 12.4. The van der Waals surface area contributed by atoms with Crippen molar-refractivity contribution in [1.29, 1.82) is 0 Å². The van der Waals surface area contributed by atoms with Crippen LogP contribution in [0.1, 0.15) is 26.2 Å². The van der Waals surface area contributed by atoms with Gasteiger partial charge in [-0.05, 0) is 19.8 Å². The van der Waals surface area contributed by atoms with Crippen LogP contribution in [0.4, 0.5) is 0 Å². The van der Waals surface area contributed by atoms with Crippen molar-refractivity contribution in [2.45, 2.75) is 44.4 Å². The van der Waals surface area contributed by atoms with Gasteiger partial charge in [0, 0.05) is 13.2 Å². The van der Waals surface area contributed by atoms with Crippen LogP contribution in [0.15, 0.2) is 0 Å². The monoisotopic (exact) mass is 301 g/mol. The van der Waals surface area contributed by atoms with E-state index in [4.69, 9.17) is 19.3 Å². The second-order valence-corrected chi connectivity index (χ2v) is 5.47. The molecule has 3 unspecified atom stereocenters. The summed E-state index contributed by atoms with van der Waals surface area (Å²) < 4.78 is 16.3. The van der Waals surface area contributed by atoms with Gasteiger partial charge in [-0.1, -0.05) is 0 Å². The Balaban J connectivity index is 1.84. The predicted molar refractivity (Wildman–Crippen MR) is 73.0 cm³/mol. The third kappa shape index (κ3) is 4.66. The fourth-order valence-corrected chi connectivity index (χ4v) is 2.65. The van der Waals surface area contributed by atoms with E-state index in [1.54, 1.807) is 11.8 Å². The largest absolute Gasteiger partial charge is 0.481 e. The lowest BCUT2D eigenvalue weighted by Gasteiger charge is -2.36. The number of ether oxygens (including phenoxy) is 3. The van der Waals surface area contributed by atoms with Crippen LogP contribution in [0.3, 0.4) is 0 Å². The first kappa shape index (κ1) is 16.2. The van der Waals surface area contributed by atoms with Gasteiger partial charge < -0.3 is 24.2 Å². The standard InChI is InChI=1S/C14H23NO6/c1-10(21-9-12-3-2-5-20-12)14(18)15-4-6-19-8-11(15)7-13(16)17/h10-12H,2-9H2,1H3,(H,16,17). The lowest BCUT2D eigenvalue weighted by atomic mass is 10.1. The fraction of sp³-hybridized carbons (Fsp3) is 0.857. The molecule has 0 aromatic rings. The second-order valence-electron chi connectivity index (χ2n) is 5.47. The molecule has 0 aliphatic carbocycles. The Hall–Kier alpha value is -1.18. The van der Waals surface area contributed by atoms with Crippen molar-refractivity contribution in [3.05, 3.63) is 0 Å². The molecule has 2 aliphatic rings. The lowest BCUT2D eigenvalue weighted by molar-refractivity contribution is -0.155. The van der Waals surface area contributed by atoms with Crippen molar-refractivity contribution in [3.8, 4) is 0 Å². The average molecular weight is 301 g/mol. The van der Waals surface area contributed by atoms with E-state index in [9.17, 15) is 9.59 Å². The Labute approximate surface area is 124 Å². The van der Waals surface area contributed by atoms with Crippen LogP contribution < -0.4 is 0 Å². The van der Waals surface area contributed by atoms with Gasteiger partial charge in [0.1, 0.15) is 6.10 Å². The van der Waals surface area contributed by atoms with E-state index in [0.29, 0.717) is 19.8 Å². The van der Waals surface area contributed by atoms with Crippen LogP contribution in [0.5, 0.6) is 0 Å². The summed E-state index contributed by atoms with van der Waals surface area (Å²) in [5, 5.41) is 8.91. The molecule has 1 amide bonds. The van der Waals surface area contributed by atoms with Crippen molar-refractivity contribution in [3.63, 3.8) is 0 Å². The molecule has 1 N–H and O–H groups in total. The summed E-state index contributed by atoms with van der Waals surface area (Å²) in [5.74, 6) is -1.11. The first-order valence-corrected chi connectivity index (χ1v) is 7.41.